The van der Waals surface area contributed by atoms with E-state index < -0.39 is 0 Å². The molecule has 0 heterocycles. The second kappa shape index (κ2) is 7.98. The average molecular weight is 324 g/mol. The molecular weight excluding hydrogens is 285 g/mol. The maximum absolute atomic E-state index is 2.51. The first-order chi connectivity index (χ1) is 10.7. The van der Waals surface area contributed by atoms with Crippen molar-refractivity contribution in [2.45, 2.75) is 107 Å². The van der Waals surface area contributed by atoms with E-state index >= 15 is 0 Å². The molecular formula is C20H38NP. The number of rotatable bonds is 5. The van der Waals surface area contributed by atoms with Crippen molar-refractivity contribution >= 4 is 7.92 Å². The molecule has 0 aliphatic heterocycles. The molecule has 2 unspecified atom stereocenters. The van der Waals surface area contributed by atoms with E-state index in [0.29, 0.717) is 7.92 Å². The van der Waals surface area contributed by atoms with Crippen LogP contribution in [0, 0.1) is 5.92 Å². The van der Waals surface area contributed by atoms with Gasteiger partial charge in [0.2, 0.25) is 0 Å². The molecule has 3 saturated carbocycles. The SMILES string of the molecule is C[C@H](C1CCCC1[P@@](C1CCCCC1)C1CCCC1)N(C)C. The van der Waals surface area contributed by atoms with E-state index in [1.54, 1.807) is 32.1 Å². The van der Waals surface area contributed by atoms with E-state index in [0.717, 1.165) is 28.9 Å². The number of hydrogen-bond donors (Lipinski definition) is 0. The second-order valence-electron chi connectivity index (χ2n) is 8.54. The third-order valence-corrected chi connectivity index (χ3v) is 11.2. The predicted octanol–water partition coefficient (Wildman–Crippen LogP) is 5.86. The quantitative estimate of drug-likeness (QED) is 0.573. The third-order valence-electron chi connectivity index (χ3n) is 7.09. The largest absolute Gasteiger partial charge is 0.306 e. The third kappa shape index (κ3) is 3.72. The van der Waals surface area contributed by atoms with Crippen LogP contribution in [0.4, 0.5) is 0 Å². The monoisotopic (exact) mass is 323 g/mol. The van der Waals surface area contributed by atoms with Gasteiger partial charge in [-0.05, 0) is 82.4 Å². The summed E-state index contributed by atoms with van der Waals surface area (Å²) in [6, 6.07) is 0.794. The Labute approximate surface area is 140 Å². The van der Waals surface area contributed by atoms with Gasteiger partial charge < -0.3 is 4.90 Å². The minimum atomic E-state index is 0.296. The topological polar surface area (TPSA) is 3.24 Å². The standard InChI is InChI=1S/C20H38NP/c1-16(21(2)3)19-14-9-15-20(19)22(18-12-7-8-13-18)17-10-5-4-6-11-17/h16-20H,4-15H2,1-3H3/t16-,19?,20?,22+/m1/s1. The van der Waals surface area contributed by atoms with Crippen LogP contribution in [0.5, 0.6) is 0 Å². The molecule has 128 valence electrons. The Balaban J connectivity index is 1.77. The van der Waals surface area contributed by atoms with Crippen molar-refractivity contribution in [3.05, 3.63) is 0 Å². The van der Waals surface area contributed by atoms with E-state index in [2.05, 4.69) is 25.9 Å². The summed E-state index contributed by atoms with van der Waals surface area (Å²) in [7, 11) is 4.90. The zero-order valence-corrected chi connectivity index (χ0v) is 16.2. The Hall–Kier alpha value is 0.390. The lowest BCUT2D eigenvalue weighted by Gasteiger charge is -2.43. The predicted molar refractivity (Wildman–Crippen MR) is 100 cm³/mol. The molecule has 0 amide bonds. The van der Waals surface area contributed by atoms with E-state index in [1.807, 2.05) is 0 Å². The number of hydrogen-bond acceptors (Lipinski definition) is 1. The van der Waals surface area contributed by atoms with Crippen LogP contribution in [-0.4, -0.2) is 42.0 Å². The highest BCUT2D eigenvalue weighted by atomic mass is 31.1. The van der Waals surface area contributed by atoms with Crippen molar-refractivity contribution in [1.29, 1.82) is 0 Å². The molecule has 0 radical (unpaired) electrons. The molecule has 1 nitrogen and oxygen atoms in total. The fourth-order valence-electron chi connectivity index (χ4n) is 5.71. The van der Waals surface area contributed by atoms with Crippen molar-refractivity contribution in [1.82, 2.24) is 4.90 Å². The van der Waals surface area contributed by atoms with Crippen molar-refractivity contribution in [3.63, 3.8) is 0 Å². The summed E-state index contributed by atoms with van der Waals surface area (Å²) in [5.74, 6) is 1.00. The van der Waals surface area contributed by atoms with Gasteiger partial charge in [-0.1, -0.05) is 46.4 Å². The number of nitrogens with zero attached hydrogens (tertiary/aromatic N) is 1. The van der Waals surface area contributed by atoms with Gasteiger partial charge in [0.05, 0.1) is 0 Å². The van der Waals surface area contributed by atoms with Gasteiger partial charge in [0.15, 0.2) is 0 Å². The van der Waals surface area contributed by atoms with Gasteiger partial charge in [0.25, 0.3) is 0 Å². The molecule has 3 aliphatic rings. The van der Waals surface area contributed by atoms with Crippen LogP contribution in [0.1, 0.15) is 84.0 Å². The first kappa shape index (κ1) is 17.2. The molecule has 3 aliphatic carbocycles. The summed E-state index contributed by atoms with van der Waals surface area (Å²) in [6.45, 7) is 2.51. The maximum Gasteiger partial charge on any atom is 0.00951 e. The highest BCUT2D eigenvalue weighted by Gasteiger charge is 2.43. The van der Waals surface area contributed by atoms with E-state index in [4.69, 9.17) is 0 Å². The van der Waals surface area contributed by atoms with Crippen molar-refractivity contribution < 1.29 is 0 Å². The molecule has 0 N–H and O–H groups in total. The molecule has 0 saturated heterocycles. The average Bonchev–Trinajstić information content (AvgIpc) is 3.20. The van der Waals surface area contributed by atoms with Crippen LogP contribution < -0.4 is 0 Å². The summed E-state index contributed by atoms with van der Waals surface area (Å²) in [6.07, 6.45) is 18.6. The fourth-order valence-corrected chi connectivity index (χ4v) is 10.6. The highest BCUT2D eigenvalue weighted by molar-refractivity contribution is 7.60. The minimum absolute atomic E-state index is 0.296. The minimum Gasteiger partial charge on any atom is -0.306 e. The lowest BCUT2D eigenvalue weighted by atomic mass is 9.98. The second-order valence-corrected chi connectivity index (χ2v) is 11.6. The lowest BCUT2D eigenvalue weighted by molar-refractivity contribution is 0.231. The fraction of sp³-hybridized carbons (Fsp3) is 1.00. The normalized spacial score (nSPS) is 34.4. The van der Waals surface area contributed by atoms with E-state index in [9.17, 15) is 0 Å². The zero-order valence-electron chi connectivity index (χ0n) is 15.3. The summed E-state index contributed by atoms with van der Waals surface area (Å²) < 4.78 is 0. The zero-order chi connectivity index (χ0) is 15.5. The molecule has 3 rings (SSSR count). The Bertz CT molecular complexity index is 331. The van der Waals surface area contributed by atoms with Crippen LogP contribution >= 0.6 is 7.92 Å². The van der Waals surface area contributed by atoms with Gasteiger partial charge in [0.1, 0.15) is 0 Å². The van der Waals surface area contributed by atoms with Gasteiger partial charge in [-0.15, -0.1) is 0 Å². The van der Waals surface area contributed by atoms with E-state index in [1.165, 1.54) is 44.9 Å². The van der Waals surface area contributed by atoms with Gasteiger partial charge in [-0.25, -0.2) is 0 Å². The van der Waals surface area contributed by atoms with Crippen LogP contribution in [-0.2, 0) is 0 Å². The van der Waals surface area contributed by atoms with Gasteiger partial charge in [-0.3, -0.25) is 0 Å². The van der Waals surface area contributed by atoms with Crippen molar-refractivity contribution in [2.75, 3.05) is 14.1 Å². The Morgan fingerprint density at radius 3 is 1.82 bits per heavy atom. The van der Waals surface area contributed by atoms with Gasteiger partial charge in [-0.2, -0.15) is 0 Å². The Morgan fingerprint density at radius 1 is 0.727 bits per heavy atom. The maximum atomic E-state index is 2.51. The van der Waals surface area contributed by atoms with Gasteiger partial charge in [0, 0.05) is 6.04 Å². The molecule has 0 bridgehead atoms. The summed E-state index contributed by atoms with van der Waals surface area (Å²) in [5.41, 5.74) is 3.41. The molecule has 4 atom stereocenters. The van der Waals surface area contributed by atoms with Crippen LogP contribution in [0.15, 0.2) is 0 Å². The molecule has 0 aromatic heterocycles. The molecule has 0 spiro atoms. The molecule has 2 heteroatoms. The highest BCUT2D eigenvalue weighted by Crippen LogP contribution is 2.64. The molecule has 22 heavy (non-hydrogen) atoms. The van der Waals surface area contributed by atoms with Gasteiger partial charge >= 0.3 is 0 Å². The van der Waals surface area contributed by atoms with Crippen LogP contribution in [0.25, 0.3) is 0 Å². The van der Waals surface area contributed by atoms with Crippen LogP contribution in [0.2, 0.25) is 0 Å². The molecule has 0 aromatic rings. The summed E-state index contributed by atoms with van der Waals surface area (Å²) in [5, 5.41) is 0. The first-order valence-electron chi connectivity index (χ1n) is 10.1. The molecule has 0 aromatic carbocycles. The first-order valence-corrected chi connectivity index (χ1v) is 11.7. The Kier molecular flexibility index (Phi) is 6.24. The summed E-state index contributed by atoms with van der Waals surface area (Å²) >= 11 is 0. The van der Waals surface area contributed by atoms with Crippen LogP contribution in [0.3, 0.4) is 0 Å². The van der Waals surface area contributed by atoms with Crippen molar-refractivity contribution in [3.8, 4) is 0 Å². The Morgan fingerprint density at radius 2 is 1.27 bits per heavy atom. The van der Waals surface area contributed by atoms with E-state index in [-0.39, 0.29) is 0 Å². The lowest BCUT2D eigenvalue weighted by Crippen LogP contribution is -2.38. The van der Waals surface area contributed by atoms with Crippen molar-refractivity contribution in [2.24, 2.45) is 5.92 Å². The smallest absolute Gasteiger partial charge is 0.00951 e. The molecule has 3 fully saturated rings. The summed E-state index contributed by atoms with van der Waals surface area (Å²) in [4.78, 5) is 2.51.